The number of hydrogen-bond donors (Lipinski definition) is 2. The Morgan fingerprint density at radius 3 is 2.52 bits per heavy atom. The highest BCUT2D eigenvalue weighted by molar-refractivity contribution is 7.10. The van der Waals surface area contributed by atoms with Crippen LogP contribution in [0.2, 0.25) is 0 Å². The molecule has 1 aromatic heterocycles. The van der Waals surface area contributed by atoms with Gasteiger partial charge >= 0.3 is 0 Å². The van der Waals surface area contributed by atoms with Crippen LogP contribution in [0.1, 0.15) is 22.5 Å². The van der Waals surface area contributed by atoms with Crippen LogP contribution < -0.4 is 11.1 Å². The Morgan fingerprint density at radius 1 is 1.24 bits per heavy atom. The van der Waals surface area contributed by atoms with Gasteiger partial charge in [-0.15, -0.1) is 11.3 Å². The molecule has 1 aromatic carbocycles. The van der Waals surface area contributed by atoms with E-state index in [9.17, 15) is 4.79 Å². The molecule has 112 valence electrons. The Balaban J connectivity index is 1.96. The van der Waals surface area contributed by atoms with Gasteiger partial charge in [0.2, 0.25) is 5.91 Å². The van der Waals surface area contributed by atoms with Crippen LogP contribution in [0, 0.1) is 0 Å². The van der Waals surface area contributed by atoms with E-state index in [-0.39, 0.29) is 11.9 Å². The third-order valence-corrected chi connectivity index (χ3v) is 4.38. The minimum absolute atomic E-state index is 0.149. The molecule has 2 rings (SSSR count). The number of amides is 1. The highest BCUT2D eigenvalue weighted by Gasteiger charge is 2.19. The second-order valence-corrected chi connectivity index (χ2v) is 6.11. The van der Waals surface area contributed by atoms with Gasteiger partial charge in [0.25, 0.3) is 0 Å². The third kappa shape index (κ3) is 4.14. The number of carbonyl (C=O) groups is 1. The number of nitrogens with one attached hydrogen (secondary N) is 1. The number of nitrogens with zero attached hydrogens (tertiary/aromatic N) is 1. The van der Waals surface area contributed by atoms with Crippen molar-refractivity contribution in [1.82, 2.24) is 10.2 Å². The van der Waals surface area contributed by atoms with Gasteiger partial charge in [-0.05, 0) is 31.1 Å². The van der Waals surface area contributed by atoms with Crippen molar-refractivity contribution in [3.05, 3.63) is 58.3 Å². The molecule has 0 saturated carbocycles. The largest absolute Gasteiger partial charge is 0.352 e. The quantitative estimate of drug-likeness (QED) is 0.860. The first-order chi connectivity index (χ1) is 10.1. The van der Waals surface area contributed by atoms with Crippen LogP contribution in [-0.4, -0.2) is 31.4 Å². The molecular formula is C16H21N3OS. The van der Waals surface area contributed by atoms with Gasteiger partial charge in [-0.3, -0.25) is 4.79 Å². The van der Waals surface area contributed by atoms with Gasteiger partial charge in [-0.2, -0.15) is 0 Å². The molecule has 4 nitrogen and oxygen atoms in total. The van der Waals surface area contributed by atoms with E-state index < -0.39 is 6.04 Å². The molecule has 2 unspecified atom stereocenters. The maximum absolute atomic E-state index is 12.2. The number of rotatable bonds is 6. The fourth-order valence-corrected chi connectivity index (χ4v) is 3.06. The summed E-state index contributed by atoms with van der Waals surface area (Å²) in [4.78, 5) is 15.5. The summed E-state index contributed by atoms with van der Waals surface area (Å²) in [7, 11) is 4.02. The summed E-state index contributed by atoms with van der Waals surface area (Å²) in [6.07, 6.45) is 0. The van der Waals surface area contributed by atoms with Gasteiger partial charge in [-0.25, -0.2) is 0 Å². The molecule has 1 amide bonds. The second-order valence-electron chi connectivity index (χ2n) is 5.13. The molecule has 0 saturated heterocycles. The lowest BCUT2D eigenvalue weighted by atomic mass is 10.1. The number of hydrogen-bond acceptors (Lipinski definition) is 4. The van der Waals surface area contributed by atoms with Gasteiger partial charge in [0.05, 0.1) is 6.04 Å². The third-order valence-electron chi connectivity index (χ3n) is 3.41. The number of nitrogens with two attached hydrogens (primary N) is 1. The Morgan fingerprint density at radius 2 is 1.95 bits per heavy atom. The van der Waals surface area contributed by atoms with E-state index >= 15 is 0 Å². The van der Waals surface area contributed by atoms with E-state index in [1.807, 2.05) is 55.9 Å². The Labute approximate surface area is 129 Å². The van der Waals surface area contributed by atoms with E-state index in [2.05, 4.69) is 16.3 Å². The van der Waals surface area contributed by atoms with E-state index in [1.165, 1.54) is 4.88 Å². The molecule has 0 spiro atoms. The molecule has 0 aliphatic heterocycles. The van der Waals surface area contributed by atoms with E-state index in [4.69, 9.17) is 5.73 Å². The molecule has 0 radical (unpaired) electrons. The predicted molar refractivity (Wildman–Crippen MR) is 87.1 cm³/mol. The molecule has 0 aliphatic rings. The molecule has 0 fully saturated rings. The molecule has 0 aliphatic carbocycles. The molecule has 2 aromatic rings. The summed E-state index contributed by atoms with van der Waals surface area (Å²) in [6, 6.07) is 13.1. The Hall–Kier alpha value is -1.69. The first kappa shape index (κ1) is 15.7. The number of benzene rings is 1. The second kappa shape index (κ2) is 7.36. The fraction of sp³-hybridized carbons (Fsp3) is 0.312. The van der Waals surface area contributed by atoms with E-state index in [1.54, 1.807) is 11.3 Å². The summed E-state index contributed by atoms with van der Waals surface area (Å²) in [5.41, 5.74) is 6.82. The van der Waals surface area contributed by atoms with E-state index in [0.717, 1.165) is 5.56 Å². The van der Waals surface area contributed by atoms with Crippen LogP contribution in [0.15, 0.2) is 47.8 Å². The number of thiophene rings is 1. The highest BCUT2D eigenvalue weighted by Crippen LogP contribution is 2.22. The average Bonchev–Trinajstić information content (AvgIpc) is 3.01. The molecular weight excluding hydrogens is 282 g/mol. The first-order valence-electron chi connectivity index (χ1n) is 6.87. The van der Waals surface area contributed by atoms with Crippen LogP contribution in [0.3, 0.4) is 0 Å². The van der Waals surface area contributed by atoms with Crippen LogP contribution in [0.4, 0.5) is 0 Å². The molecule has 0 bridgehead atoms. The van der Waals surface area contributed by atoms with Crippen molar-refractivity contribution in [2.75, 3.05) is 20.6 Å². The zero-order valence-corrected chi connectivity index (χ0v) is 13.1. The van der Waals surface area contributed by atoms with Crippen LogP contribution in [-0.2, 0) is 4.79 Å². The van der Waals surface area contributed by atoms with Crippen molar-refractivity contribution in [1.29, 1.82) is 0 Å². The maximum Gasteiger partial charge on any atom is 0.241 e. The first-order valence-corrected chi connectivity index (χ1v) is 7.75. The van der Waals surface area contributed by atoms with Gasteiger partial charge in [0, 0.05) is 11.4 Å². The Bertz CT molecular complexity index is 554. The van der Waals surface area contributed by atoms with Crippen molar-refractivity contribution in [2.24, 2.45) is 5.73 Å². The fourth-order valence-electron chi connectivity index (χ4n) is 2.14. The molecule has 21 heavy (non-hydrogen) atoms. The Kier molecular flexibility index (Phi) is 5.50. The maximum atomic E-state index is 12.2. The van der Waals surface area contributed by atoms with Gasteiger partial charge in [0.1, 0.15) is 6.04 Å². The van der Waals surface area contributed by atoms with Crippen molar-refractivity contribution >= 4 is 17.2 Å². The van der Waals surface area contributed by atoms with Crippen molar-refractivity contribution in [2.45, 2.75) is 12.1 Å². The summed E-state index contributed by atoms with van der Waals surface area (Å²) >= 11 is 1.69. The predicted octanol–water partition coefficient (Wildman–Crippen LogP) is 2.17. The molecule has 5 heteroatoms. The lowest BCUT2D eigenvalue weighted by molar-refractivity contribution is -0.122. The molecule has 3 N–H and O–H groups in total. The van der Waals surface area contributed by atoms with Crippen molar-refractivity contribution in [3.63, 3.8) is 0 Å². The zero-order valence-electron chi connectivity index (χ0n) is 12.3. The van der Waals surface area contributed by atoms with Crippen LogP contribution in [0.25, 0.3) is 0 Å². The lowest BCUT2D eigenvalue weighted by Gasteiger charge is -2.24. The highest BCUT2D eigenvalue weighted by atomic mass is 32.1. The van der Waals surface area contributed by atoms with Gasteiger partial charge < -0.3 is 16.0 Å². The normalized spacial score (nSPS) is 13.9. The monoisotopic (exact) mass is 303 g/mol. The SMILES string of the molecule is CN(C)C(CNC(=O)C(N)c1ccccc1)c1cccs1. The zero-order chi connectivity index (χ0) is 15.2. The molecule has 1 heterocycles. The van der Waals surface area contributed by atoms with Crippen LogP contribution >= 0.6 is 11.3 Å². The molecule has 2 atom stereocenters. The minimum atomic E-state index is -0.627. The number of likely N-dealkylation sites (N-methyl/N-ethyl adjacent to an activating group) is 1. The van der Waals surface area contributed by atoms with Gasteiger partial charge in [0.15, 0.2) is 0 Å². The van der Waals surface area contributed by atoms with Crippen LogP contribution in [0.5, 0.6) is 0 Å². The van der Waals surface area contributed by atoms with Crippen molar-refractivity contribution in [3.8, 4) is 0 Å². The van der Waals surface area contributed by atoms with E-state index in [0.29, 0.717) is 6.54 Å². The van der Waals surface area contributed by atoms with Crippen molar-refractivity contribution < 1.29 is 4.79 Å². The topological polar surface area (TPSA) is 58.4 Å². The lowest BCUT2D eigenvalue weighted by Crippen LogP contribution is -2.39. The summed E-state index contributed by atoms with van der Waals surface area (Å²) in [6.45, 7) is 0.548. The smallest absolute Gasteiger partial charge is 0.241 e. The minimum Gasteiger partial charge on any atom is -0.352 e. The average molecular weight is 303 g/mol. The number of carbonyl (C=O) groups excluding carboxylic acids is 1. The summed E-state index contributed by atoms with van der Waals surface area (Å²) in [5, 5.41) is 5.00. The summed E-state index contributed by atoms with van der Waals surface area (Å²) < 4.78 is 0. The summed E-state index contributed by atoms with van der Waals surface area (Å²) in [5.74, 6) is -0.149. The standard InChI is InChI=1S/C16H21N3OS/c1-19(2)13(14-9-6-10-21-14)11-18-16(20)15(17)12-7-4-3-5-8-12/h3-10,13,15H,11,17H2,1-2H3,(H,18,20). The van der Waals surface area contributed by atoms with Gasteiger partial charge in [-0.1, -0.05) is 36.4 Å².